The summed E-state index contributed by atoms with van der Waals surface area (Å²) in [7, 11) is 1.63. The summed E-state index contributed by atoms with van der Waals surface area (Å²) in [4.78, 5) is 23.0. The van der Waals surface area contributed by atoms with E-state index >= 15 is 0 Å². The molecule has 0 aromatic heterocycles. The minimum Gasteiger partial charge on any atom is -0.457 e. The molecule has 9 heteroatoms. The number of hydrogen-bond acceptors (Lipinski definition) is 6. The maximum Gasteiger partial charge on any atom is 0.472 e. The lowest BCUT2D eigenvalue weighted by Crippen LogP contribution is -2.37. The Balaban J connectivity index is 4.22. The molecule has 0 spiro atoms. The number of likely N-dealkylation sites (N-methyl/N-ethyl adjacent to an activating group) is 1. The number of hydrogen-bond donors (Lipinski definition) is 1. The van der Waals surface area contributed by atoms with Gasteiger partial charge in [0.2, 0.25) is 0 Å². The molecule has 0 aliphatic heterocycles. The fourth-order valence-corrected chi connectivity index (χ4v) is 7.48. The van der Waals surface area contributed by atoms with E-state index in [-0.39, 0.29) is 25.8 Å². The molecule has 0 aromatic carbocycles. The Labute approximate surface area is 412 Å². The highest BCUT2D eigenvalue weighted by atomic mass is 31.2. The number of esters is 1. The minimum absolute atomic E-state index is 0.0767. The van der Waals surface area contributed by atoms with Gasteiger partial charge in [-0.1, -0.05) is 194 Å². The molecule has 0 radical (unpaired) electrons. The van der Waals surface area contributed by atoms with Crippen LogP contribution < -0.4 is 0 Å². The van der Waals surface area contributed by atoms with Gasteiger partial charge in [0.25, 0.3) is 0 Å². The highest BCUT2D eigenvalue weighted by Crippen LogP contribution is 2.43. The molecular formula is C58H101NO7P+. The van der Waals surface area contributed by atoms with Gasteiger partial charge in [-0.05, 0) is 103 Å². The SMILES string of the molecule is CC/C=C\C/C=C\C/C=C\C/C=C\C/C=C\C/C=C\CCCCCCCCC(=O)OC(COCCCCCCCCC/C=C\C/C=C\C/C=C\CCCCC)COP(=O)(O)OCC[N+](C)(C)C. The Hall–Kier alpha value is -2.84. The van der Waals surface area contributed by atoms with Crippen molar-refractivity contribution in [3.63, 3.8) is 0 Å². The van der Waals surface area contributed by atoms with Crippen molar-refractivity contribution in [2.45, 2.75) is 200 Å². The van der Waals surface area contributed by atoms with Crippen LogP contribution in [0, 0.1) is 0 Å². The van der Waals surface area contributed by atoms with Crippen LogP contribution in [0.15, 0.2) is 109 Å². The predicted octanol–water partition coefficient (Wildman–Crippen LogP) is 16.7. The number of quaternary nitrogens is 1. The van der Waals surface area contributed by atoms with E-state index in [4.69, 9.17) is 18.5 Å². The Morgan fingerprint density at radius 2 is 0.866 bits per heavy atom. The van der Waals surface area contributed by atoms with Crippen LogP contribution in [0.4, 0.5) is 0 Å². The number of allylic oxidation sites excluding steroid dienone is 18. The molecule has 2 atom stereocenters. The lowest BCUT2D eigenvalue weighted by atomic mass is 10.1. The zero-order valence-electron chi connectivity index (χ0n) is 43.6. The van der Waals surface area contributed by atoms with Crippen molar-refractivity contribution in [1.82, 2.24) is 0 Å². The van der Waals surface area contributed by atoms with Crippen LogP contribution in [0.3, 0.4) is 0 Å². The van der Waals surface area contributed by atoms with Crippen molar-refractivity contribution in [1.29, 1.82) is 0 Å². The number of rotatable bonds is 48. The van der Waals surface area contributed by atoms with Crippen molar-refractivity contribution in [2.75, 3.05) is 54.1 Å². The summed E-state index contributed by atoms with van der Waals surface area (Å²) in [5, 5.41) is 0. The van der Waals surface area contributed by atoms with Gasteiger partial charge in [0, 0.05) is 13.0 Å². The van der Waals surface area contributed by atoms with Gasteiger partial charge in [-0.25, -0.2) is 4.57 Å². The lowest BCUT2D eigenvalue weighted by molar-refractivity contribution is -0.870. The number of ether oxygens (including phenoxy) is 2. The van der Waals surface area contributed by atoms with Crippen LogP contribution in [-0.2, 0) is 27.9 Å². The average Bonchev–Trinajstić information content (AvgIpc) is 3.29. The van der Waals surface area contributed by atoms with E-state index < -0.39 is 13.9 Å². The van der Waals surface area contributed by atoms with Crippen LogP contribution in [-0.4, -0.2) is 75.6 Å². The van der Waals surface area contributed by atoms with Gasteiger partial charge in [0.1, 0.15) is 19.3 Å². The molecule has 0 aliphatic carbocycles. The van der Waals surface area contributed by atoms with Crippen LogP contribution >= 0.6 is 7.82 Å². The summed E-state index contributed by atoms with van der Waals surface area (Å²) < 4.78 is 35.2. The molecule has 0 aromatic rings. The summed E-state index contributed by atoms with van der Waals surface area (Å²) in [6.45, 7) is 5.42. The average molecular weight is 955 g/mol. The van der Waals surface area contributed by atoms with Gasteiger partial charge in [-0.3, -0.25) is 13.8 Å². The molecule has 0 saturated heterocycles. The van der Waals surface area contributed by atoms with E-state index in [1.54, 1.807) is 0 Å². The first-order valence-corrected chi connectivity index (χ1v) is 28.1. The molecule has 0 aliphatic rings. The molecule has 67 heavy (non-hydrogen) atoms. The molecule has 0 saturated carbocycles. The van der Waals surface area contributed by atoms with Crippen LogP contribution in [0.2, 0.25) is 0 Å². The van der Waals surface area contributed by atoms with Crippen molar-refractivity contribution >= 4 is 13.8 Å². The number of unbranched alkanes of at least 4 members (excludes halogenated alkanes) is 16. The first-order valence-electron chi connectivity index (χ1n) is 26.6. The van der Waals surface area contributed by atoms with E-state index in [1.807, 2.05) is 21.1 Å². The van der Waals surface area contributed by atoms with Crippen LogP contribution in [0.25, 0.3) is 0 Å². The highest BCUT2D eigenvalue weighted by Gasteiger charge is 2.26. The van der Waals surface area contributed by atoms with E-state index in [0.29, 0.717) is 24.1 Å². The normalized spacial score (nSPS) is 14.4. The Morgan fingerprint density at radius 3 is 1.30 bits per heavy atom. The third-order valence-corrected chi connectivity index (χ3v) is 11.8. The molecule has 0 amide bonds. The zero-order valence-corrected chi connectivity index (χ0v) is 44.5. The number of nitrogens with zero attached hydrogens (tertiary/aromatic N) is 1. The number of phosphoric ester groups is 1. The molecule has 0 bridgehead atoms. The summed E-state index contributed by atoms with van der Waals surface area (Å²) in [6.07, 6.45) is 69.9. The van der Waals surface area contributed by atoms with Crippen LogP contribution in [0.5, 0.6) is 0 Å². The first-order chi connectivity index (χ1) is 32.6. The third-order valence-electron chi connectivity index (χ3n) is 10.8. The molecular weight excluding hydrogens is 854 g/mol. The first kappa shape index (κ1) is 64.2. The summed E-state index contributed by atoms with van der Waals surface area (Å²) >= 11 is 0. The molecule has 0 rings (SSSR count). The number of carbonyl (C=O) groups is 1. The standard InChI is InChI=1S/C58H100NO7P/c1-6-8-10-12-14-16-18-20-22-24-26-28-29-30-31-32-33-35-37-39-41-43-45-47-49-51-58(60)66-57(56-65-67(61,62)64-54-52-59(3,4)5)55-63-53-50-48-46-44-42-40-38-36-34-27-25-23-21-19-17-15-13-11-9-7-2/h8,10,14-17,20-23,26-28,30-31,33-35,57H,6-7,9,11-13,18-19,24-25,29,32,36-56H2,1-5H3/p+1/b10-8-,16-14-,17-15-,22-20-,23-21-,28-26-,31-30-,34-27-,35-33-. The topological polar surface area (TPSA) is 91.3 Å². The highest BCUT2D eigenvalue weighted by molar-refractivity contribution is 7.47. The Bertz CT molecular complexity index is 1430. The second kappa shape index (κ2) is 49.6. The molecule has 0 fully saturated rings. The summed E-state index contributed by atoms with van der Waals surface area (Å²) in [6, 6.07) is 0. The maximum atomic E-state index is 12.8. The fourth-order valence-electron chi connectivity index (χ4n) is 6.74. The van der Waals surface area contributed by atoms with E-state index in [1.165, 1.54) is 70.6 Å². The third kappa shape index (κ3) is 54.0. The van der Waals surface area contributed by atoms with Crippen molar-refractivity contribution in [3.05, 3.63) is 109 Å². The maximum absolute atomic E-state index is 12.8. The van der Waals surface area contributed by atoms with Gasteiger partial charge in [0.05, 0.1) is 34.4 Å². The molecule has 384 valence electrons. The van der Waals surface area contributed by atoms with Crippen LogP contribution in [0.1, 0.15) is 194 Å². The Morgan fingerprint density at radius 1 is 0.478 bits per heavy atom. The van der Waals surface area contributed by atoms with Gasteiger partial charge >= 0.3 is 13.8 Å². The summed E-state index contributed by atoms with van der Waals surface area (Å²) in [5.41, 5.74) is 0. The minimum atomic E-state index is -4.30. The molecule has 0 heterocycles. The predicted molar refractivity (Wildman–Crippen MR) is 288 cm³/mol. The Kier molecular flexibility index (Phi) is 47.5. The van der Waals surface area contributed by atoms with Gasteiger partial charge in [-0.15, -0.1) is 0 Å². The van der Waals surface area contributed by atoms with Crippen molar-refractivity contribution < 1.29 is 37.3 Å². The summed E-state index contributed by atoms with van der Waals surface area (Å²) in [5.74, 6) is -0.336. The smallest absolute Gasteiger partial charge is 0.457 e. The van der Waals surface area contributed by atoms with Crippen molar-refractivity contribution in [2.24, 2.45) is 0 Å². The zero-order chi connectivity index (χ0) is 49.0. The van der Waals surface area contributed by atoms with E-state index in [9.17, 15) is 14.3 Å². The quantitative estimate of drug-likeness (QED) is 0.0214. The number of phosphoric acid groups is 1. The van der Waals surface area contributed by atoms with E-state index in [2.05, 4.69) is 123 Å². The second-order valence-electron chi connectivity index (χ2n) is 18.5. The number of carbonyl (C=O) groups excluding carboxylic acids is 1. The fraction of sp³-hybridized carbons (Fsp3) is 0.672. The largest absolute Gasteiger partial charge is 0.472 e. The van der Waals surface area contributed by atoms with E-state index in [0.717, 1.165) is 103 Å². The van der Waals surface area contributed by atoms with Gasteiger partial charge < -0.3 is 18.9 Å². The van der Waals surface area contributed by atoms with Crippen molar-refractivity contribution in [3.8, 4) is 0 Å². The molecule has 8 nitrogen and oxygen atoms in total. The lowest BCUT2D eigenvalue weighted by Gasteiger charge is -2.24. The van der Waals surface area contributed by atoms with Gasteiger partial charge in [-0.2, -0.15) is 0 Å². The van der Waals surface area contributed by atoms with Gasteiger partial charge in [0.15, 0.2) is 0 Å². The monoisotopic (exact) mass is 955 g/mol. The molecule has 2 unspecified atom stereocenters. The molecule has 1 N–H and O–H groups in total. The second-order valence-corrected chi connectivity index (χ2v) is 20.0.